The summed E-state index contributed by atoms with van der Waals surface area (Å²) >= 11 is 5.70. The van der Waals surface area contributed by atoms with Gasteiger partial charge in [0.15, 0.2) is 0 Å². The van der Waals surface area contributed by atoms with E-state index in [4.69, 9.17) is 16.0 Å². The highest BCUT2D eigenvalue weighted by atomic mass is 35.5. The molecule has 1 N–H and O–H groups in total. The Bertz CT molecular complexity index is 705. The minimum absolute atomic E-state index is 0.0263. The molecule has 1 aromatic heterocycles. The Balaban J connectivity index is 1.56. The van der Waals surface area contributed by atoms with Crippen LogP contribution in [0.15, 0.2) is 41.0 Å². The third-order valence-electron chi connectivity index (χ3n) is 4.31. The fourth-order valence-corrected chi connectivity index (χ4v) is 3.10. The van der Waals surface area contributed by atoms with Gasteiger partial charge in [0.05, 0.1) is 17.3 Å². The lowest BCUT2D eigenvalue weighted by Gasteiger charge is -2.20. The molecular weight excluding hydrogens is 331 g/mol. The SMILES string of the molecule is C[C@@H](CCc1ccco1)N[C@@H]1CCN(c2ccc(Cl)c(F)c2)C1=O. The first-order chi connectivity index (χ1) is 11.5. The van der Waals surface area contributed by atoms with Crippen molar-refractivity contribution in [3.63, 3.8) is 0 Å². The molecule has 1 aromatic carbocycles. The number of furan rings is 1. The minimum Gasteiger partial charge on any atom is -0.469 e. The number of anilines is 1. The summed E-state index contributed by atoms with van der Waals surface area (Å²) in [6.07, 6.45) is 4.08. The number of aryl methyl sites for hydroxylation is 1. The zero-order valence-corrected chi connectivity index (χ0v) is 14.2. The van der Waals surface area contributed by atoms with Gasteiger partial charge in [0, 0.05) is 24.7 Å². The van der Waals surface area contributed by atoms with Gasteiger partial charge in [0.25, 0.3) is 0 Å². The van der Waals surface area contributed by atoms with Crippen LogP contribution in [-0.2, 0) is 11.2 Å². The van der Waals surface area contributed by atoms with Crippen LogP contribution in [0.4, 0.5) is 10.1 Å². The molecule has 0 bridgehead atoms. The Hall–Kier alpha value is -1.85. The highest BCUT2D eigenvalue weighted by molar-refractivity contribution is 6.30. The number of halogens is 2. The van der Waals surface area contributed by atoms with Crippen LogP contribution in [0.3, 0.4) is 0 Å². The first-order valence-electron chi connectivity index (χ1n) is 8.09. The summed E-state index contributed by atoms with van der Waals surface area (Å²) in [5, 5.41) is 3.43. The summed E-state index contributed by atoms with van der Waals surface area (Å²) in [6, 6.07) is 8.23. The van der Waals surface area contributed by atoms with Crippen LogP contribution >= 0.6 is 11.6 Å². The molecule has 0 unspecified atom stereocenters. The number of carbonyl (C=O) groups is 1. The first-order valence-corrected chi connectivity index (χ1v) is 8.47. The van der Waals surface area contributed by atoms with Gasteiger partial charge in [0.1, 0.15) is 11.6 Å². The maximum atomic E-state index is 13.6. The number of nitrogens with one attached hydrogen (secondary N) is 1. The van der Waals surface area contributed by atoms with Gasteiger partial charge in [-0.3, -0.25) is 4.79 Å². The molecule has 0 saturated carbocycles. The van der Waals surface area contributed by atoms with Crippen molar-refractivity contribution in [1.82, 2.24) is 5.32 Å². The largest absolute Gasteiger partial charge is 0.469 e. The minimum atomic E-state index is -0.509. The van der Waals surface area contributed by atoms with Crippen molar-refractivity contribution in [3.8, 4) is 0 Å². The van der Waals surface area contributed by atoms with Crippen molar-refractivity contribution in [3.05, 3.63) is 53.2 Å². The van der Waals surface area contributed by atoms with Crippen LogP contribution in [0.5, 0.6) is 0 Å². The highest BCUT2D eigenvalue weighted by Gasteiger charge is 2.33. The standard InChI is InChI=1S/C18H20ClFN2O2/c1-12(4-6-14-3-2-10-24-14)21-17-8-9-22(18(17)23)13-5-7-15(19)16(20)11-13/h2-3,5,7,10-12,17,21H,4,6,8-9H2,1H3/t12-,17+/m0/s1. The summed E-state index contributed by atoms with van der Waals surface area (Å²) in [5.41, 5.74) is 0.550. The van der Waals surface area contributed by atoms with Crippen molar-refractivity contribution in [1.29, 1.82) is 0 Å². The van der Waals surface area contributed by atoms with Crippen molar-refractivity contribution in [2.24, 2.45) is 0 Å². The number of carbonyl (C=O) groups excluding carboxylic acids is 1. The molecule has 1 amide bonds. The number of rotatable bonds is 6. The van der Waals surface area contributed by atoms with E-state index in [1.807, 2.05) is 12.1 Å². The van der Waals surface area contributed by atoms with Crippen molar-refractivity contribution < 1.29 is 13.6 Å². The van der Waals surface area contributed by atoms with Crippen LogP contribution in [0.1, 0.15) is 25.5 Å². The number of amides is 1. The van der Waals surface area contributed by atoms with Crippen LogP contribution in [0.2, 0.25) is 5.02 Å². The molecule has 0 aliphatic carbocycles. The molecule has 6 heteroatoms. The maximum Gasteiger partial charge on any atom is 0.244 e. The van der Waals surface area contributed by atoms with E-state index >= 15 is 0 Å². The first kappa shape index (κ1) is 17.0. The van der Waals surface area contributed by atoms with Gasteiger partial charge in [-0.05, 0) is 50.1 Å². The molecule has 2 aromatic rings. The summed E-state index contributed by atoms with van der Waals surface area (Å²) in [5.74, 6) is 0.409. The average Bonchev–Trinajstić information content (AvgIpc) is 3.19. The van der Waals surface area contributed by atoms with E-state index in [2.05, 4.69) is 12.2 Å². The van der Waals surface area contributed by atoms with Gasteiger partial charge in [-0.25, -0.2) is 4.39 Å². The zero-order chi connectivity index (χ0) is 17.1. The van der Waals surface area contributed by atoms with Gasteiger partial charge < -0.3 is 14.6 Å². The molecule has 2 atom stereocenters. The smallest absolute Gasteiger partial charge is 0.244 e. The van der Waals surface area contributed by atoms with E-state index in [-0.39, 0.29) is 23.0 Å². The number of hydrogen-bond donors (Lipinski definition) is 1. The molecule has 1 aliphatic heterocycles. The Morgan fingerprint density at radius 2 is 2.29 bits per heavy atom. The van der Waals surface area contributed by atoms with E-state index in [1.165, 1.54) is 12.1 Å². The van der Waals surface area contributed by atoms with Crippen LogP contribution in [0.25, 0.3) is 0 Å². The maximum absolute atomic E-state index is 13.6. The van der Waals surface area contributed by atoms with E-state index in [0.29, 0.717) is 18.7 Å². The molecule has 0 spiro atoms. The lowest BCUT2D eigenvalue weighted by Crippen LogP contribution is -2.42. The summed E-state index contributed by atoms with van der Waals surface area (Å²) in [6.45, 7) is 2.63. The summed E-state index contributed by atoms with van der Waals surface area (Å²) in [4.78, 5) is 14.2. The average molecular weight is 351 g/mol. The number of benzene rings is 1. The summed E-state index contributed by atoms with van der Waals surface area (Å²) < 4.78 is 18.9. The Morgan fingerprint density at radius 1 is 1.46 bits per heavy atom. The fourth-order valence-electron chi connectivity index (χ4n) is 2.98. The van der Waals surface area contributed by atoms with E-state index in [0.717, 1.165) is 18.6 Å². The second-order valence-corrected chi connectivity index (χ2v) is 6.52. The van der Waals surface area contributed by atoms with Crippen molar-refractivity contribution in [2.75, 3.05) is 11.4 Å². The normalized spacial score (nSPS) is 19.0. The topological polar surface area (TPSA) is 45.5 Å². The monoisotopic (exact) mass is 350 g/mol. The Labute approximate surface area is 145 Å². The zero-order valence-electron chi connectivity index (χ0n) is 13.5. The van der Waals surface area contributed by atoms with Crippen LogP contribution in [0, 0.1) is 5.82 Å². The van der Waals surface area contributed by atoms with Gasteiger partial charge in [-0.1, -0.05) is 11.6 Å². The van der Waals surface area contributed by atoms with Crippen molar-refractivity contribution in [2.45, 2.75) is 38.3 Å². The predicted octanol–water partition coefficient (Wildman–Crippen LogP) is 3.79. The molecule has 1 saturated heterocycles. The third kappa shape index (κ3) is 3.79. The quantitative estimate of drug-likeness (QED) is 0.862. The summed E-state index contributed by atoms with van der Waals surface area (Å²) in [7, 11) is 0. The number of nitrogens with zero attached hydrogens (tertiary/aromatic N) is 1. The van der Waals surface area contributed by atoms with Crippen LogP contribution < -0.4 is 10.2 Å². The second kappa shape index (κ2) is 7.36. The number of hydrogen-bond acceptors (Lipinski definition) is 3. The molecule has 1 aliphatic rings. The lowest BCUT2D eigenvalue weighted by atomic mass is 10.1. The molecular formula is C18H20ClFN2O2. The fraction of sp³-hybridized carbons (Fsp3) is 0.389. The molecule has 0 radical (unpaired) electrons. The third-order valence-corrected chi connectivity index (χ3v) is 4.62. The molecule has 4 nitrogen and oxygen atoms in total. The molecule has 24 heavy (non-hydrogen) atoms. The van der Waals surface area contributed by atoms with Crippen LogP contribution in [-0.4, -0.2) is 24.5 Å². The molecule has 1 fully saturated rings. The molecule has 128 valence electrons. The van der Waals surface area contributed by atoms with E-state index < -0.39 is 5.82 Å². The van der Waals surface area contributed by atoms with E-state index in [1.54, 1.807) is 17.2 Å². The lowest BCUT2D eigenvalue weighted by molar-refractivity contribution is -0.119. The van der Waals surface area contributed by atoms with E-state index in [9.17, 15) is 9.18 Å². The van der Waals surface area contributed by atoms with Gasteiger partial charge in [-0.15, -0.1) is 0 Å². The predicted molar refractivity (Wildman–Crippen MR) is 91.8 cm³/mol. The molecule has 3 rings (SSSR count). The van der Waals surface area contributed by atoms with Crippen molar-refractivity contribution >= 4 is 23.2 Å². The Kier molecular flexibility index (Phi) is 5.21. The van der Waals surface area contributed by atoms with Gasteiger partial charge in [-0.2, -0.15) is 0 Å². The van der Waals surface area contributed by atoms with Gasteiger partial charge >= 0.3 is 0 Å². The highest BCUT2D eigenvalue weighted by Crippen LogP contribution is 2.26. The second-order valence-electron chi connectivity index (χ2n) is 6.12. The molecule has 2 heterocycles. The Morgan fingerprint density at radius 3 is 3.00 bits per heavy atom. The van der Waals surface area contributed by atoms with Gasteiger partial charge in [0.2, 0.25) is 5.91 Å².